The van der Waals surface area contributed by atoms with Crippen LogP contribution in [0.3, 0.4) is 0 Å². The van der Waals surface area contributed by atoms with Crippen molar-refractivity contribution in [3.8, 4) is 40.1 Å². The van der Waals surface area contributed by atoms with Crippen LogP contribution < -0.4 is 15.8 Å². The number of fused-ring (bicyclic) bond motifs is 5. The minimum Gasteiger partial charge on any atom is -0.507 e. The van der Waals surface area contributed by atoms with E-state index in [9.17, 15) is 34.3 Å². The van der Waals surface area contributed by atoms with Crippen LogP contribution in [0.4, 0.5) is 0 Å². The topological polar surface area (TPSA) is 230 Å². The Labute approximate surface area is 401 Å². The number of amides is 2. The van der Waals surface area contributed by atoms with E-state index in [0.717, 1.165) is 11.1 Å². The van der Waals surface area contributed by atoms with Gasteiger partial charge in [-0.1, -0.05) is 64.1 Å². The lowest BCUT2D eigenvalue weighted by atomic mass is 9.86. The van der Waals surface area contributed by atoms with Gasteiger partial charge in [-0.15, -0.1) is 0 Å². The second kappa shape index (κ2) is 23.5. The summed E-state index contributed by atoms with van der Waals surface area (Å²) in [6.07, 6.45) is 0.547. The van der Waals surface area contributed by atoms with Crippen LogP contribution in [0.2, 0.25) is 0 Å². The second-order valence-electron chi connectivity index (χ2n) is 18.5. The molecule has 0 saturated heterocycles. The maximum absolute atomic E-state index is 14.8. The van der Waals surface area contributed by atoms with Crippen LogP contribution in [0.15, 0.2) is 60.7 Å². The van der Waals surface area contributed by atoms with E-state index >= 15 is 0 Å². The van der Waals surface area contributed by atoms with E-state index in [1.165, 1.54) is 18.0 Å². The van der Waals surface area contributed by atoms with E-state index < -0.39 is 41.5 Å². The Bertz CT molecular complexity index is 2510. The van der Waals surface area contributed by atoms with Crippen molar-refractivity contribution in [3.63, 3.8) is 0 Å². The summed E-state index contributed by atoms with van der Waals surface area (Å²) in [5.74, 6) is -3.42. The van der Waals surface area contributed by atoms with E-state index in [0.29, 0.717) is 69.3 Å². The monoisotopic (exact) mass is 931 g/mol. The first kappa shape index (κ1) is 53.4. The van der Waals surface area contributed by atoms with E-state index in [-0.39, 0.29) is 87.9 Å². The molecular formula is C52H65N7O7S. The standard InChI is InChI=1S/C52H63N7O7.H2S/c1-30-25-45(63)48(59(8)51(65)37(21-23-54)29-44(62)47-32(3)56-49(57-33(47)4)35-14-17-38(18-15-35)52(5,6)7)36-16-20-46(66-24-10-11-31(2)55)40(28-36)39-26-34(13-19-42(39)60)27-41(58-50(30)64)43(61)12-9-22-53;/h13-20,26,28,30,37,41,48,55,60H,9-12,21,23-25,27,29,54H2,1-8H3,(H,58,64);1H2/t30-,37-,41+,48+;/m1./s1. The predicted octanol–water partition coefficient (Wildman–Crippen LogP) is 7.99. The van der Waals surface area contributed by atoms with Gasteiger partial charge in [0.05, 0.1) is 35.7 Å². The van der Waals surface area contributed by atoms with Gasteiger partial charge in [0.2, 0.25) is 11.8 Å². The van der Waals surface area contributed by atoms with Crippen LogP contribution >= 0.6 is 13.5 Å². The molecule has 0 radical (unpaired) electrons. The number of ether oxygens (including phenoxy) is 1. The molecule has 5 N–H and O–H groups in total. The minimum absolute atomic E-state index is 0. The van der Waals surface area contributed by atoms with Crippen molar-refractivity contribution in [2.45, 2.75) is 117 Å². The van der Waals surface area contributed by atoms with Crippen molar-refractivity contribution in [3.05, 3.63) is 94.3 Å². The average Bonchev–Trinajstić information content (AvgIpc) is 3.26. The molecule has 4 aromatic rings. The zero-order valence-corrected chi connectivity index (χ0v) is 40.9. The van der Waals surface area contributed by atoms with Crippen LogP contribution in [0.5, 0.6) is 11.5 Å². The molecule has 0 spiro atoms. The Hall–Kier alpha value is -6.24. The van der Waals surface area contributed by atoms with E-state index in [1.54, 1.807) is 58.0 Å². The molecule has 0 fully saturated rings. The number of rotatable bonds is 16. The summed E-state index contributed by atoms with van der Waals surface area (Å²) in [6, 6.07) is 17.5. The maximum atomic E-state index is 14.8. The highest BCUT2D eigenvalue weighted by Crippen LogP contribution is 2.40. The minimum atomic E-state index is -1.27. The highest BCUT2D eigenvalue weighted by atomic mass is 32.1. The van der Waals surface area contributed by atoms with Crippen molar-refractivity contribution in [1.82, 2.24) is 20.2 Å². The summed E-state index contributed by atoms with van der Waals surface area (Å²) in [5.41, 5.74) is 11.4. The Morgan fingerprint density at radius 3 is 2.28 bits per heavy atom. The number of aryl methyl sites for hydroxylation is 2. The largest absolute Gasteiger partial charge is 0.507 e. The van der Waals surface area contributed by atoms with Crippen LogP contribution in [-0.4, -0.2) is 81.1 Å². The number of phenols is 1. The molecule has 1 aliphatic rings. The molecule has 1 aliphatic heterocycles. The molecule has 0 aliphatic carbocycles. The van der Waals surface area contributed by atoms with Crippen molar-refractivity contribution in [2.24, 2.45) is 17.6 Å². The second-order valence-corrected chi connectivity index (χ2v) is 18.5. The molecule has 0 saturated carbocycles. The SMILES string of the molecule is CC(=N)CCCOc1ccc2cc1-c1cc(ccc1O)C[C@@H](C(=O)CCC#N)NC(=O)[C@H](C)CC(=O)[C@H]2N(C)C(=O)[C@H](CCN)CC(=O)c1c(C)nc(-c2ccc(C(C)(C)C)cc2)nc1C.S. The van der Waals surface area contributed by atoms with Gasteiger partial charge >= 0.3 is 0 Å². The summed E-state index contributed by atoms with van der Waals surface area (Å²) >= 11 is 0. The van der Waals surface area contributed by atoms with Gasteiger partial charge in [0.15, 0.2) is 23.2 Å². The molecule has 356 valence electrons. The van der Waals surface area contributed by atoms with Gasteiger partial charge in [-0.25, -0.2) is 9.97 Å². The van der Waals surface area contributed by atoms with Crippen molar-refractivity contribution in [1.29, 1.82) is 10.7 Å². The lowest BCUT2D eigenvalue weighted by Crippen LogP contribution is -2.46. The van der Waals surface area contributed by atoms with Crippen LogP contribution in [0.25, 0.3) is 22.5 Å². The number of aromatic nitrogens is 2. The lowest BCUT2D eigenvalue weighted by molar-refractivity contribution is -0.142. The van der Waals surface area contributed by atoms with Crippen LogP contribution in [0, 0.1) is 42.4 Å². The fraction of sp³-hybridized carbons (Fsp3) is 0.442. The number of likely N-dealkylation sites (N-methyl/N-ethyl adjacent to an activating group) is 1. The van der Waals surface area contributed by atoms with Gasteiger partial charge in [0.1, 0.15) is 17.5 Å². The molecule has 2 amide bonds. The van der Waals surface area contributed by atoms with Gasteiger partial charge < -0.3 is 31.2 Å². The Kier molecular flexibility index (Phi) is 18.7. The predicted molar refractivity (Wildman–Crippen MR) is 264 cm³/mol. The molecule has 0 unspecified atom stereocenters. The van der Waals surface area contributed by atoms with Crippen LogP contribution in [0.1, 0.15) is 124 Å². The average molecular weight is 932 g/mol. The summed E-state index contributed by atoms with van der Waals surface area (Å²) in [5, 5.41) is 31.2. The number of Topliss-reactive ketones (excluding diaryl/α,β-unsaturated/α-hetero) is 3. The first-order chi connectivity index (χ1) is 31.2. The zero-order chi connectivity index (χ0) is 48.5. The molecule has 5 rings (SSSR count). The van der Waals surface area contributed by atoms with Crippen LogP contribution in [-0.2, 0) is 31.0 Å². The summed E-state index contributed by atoms with van der Waals surface area (Å²) in [7, 11) is 1.48. The fourth-order valence-corrected chi connectivity index (χ4v) is 8.40. The normalized spacial score (nSPS) is 16.6. The van der Waals surface area contributed by atoms with Gasteiger partial charge in [-0.05, 0) is 99.4 Å². The number of aromatic hydroxyl groups is 1. The highest BCUT2D eigenvalue weighted by molar-refractivity contribution is 7.59. The van der Waals surface area contributed by atoms with E-state index in [4.69, 9.17) is 25.8 Å². The number of nitrogens with two attached hydrogens (primary N) is 1. The van der Waals surface area contributed by atoms with Gasteiger partial charge in [-0.3, -0.25) is 24.0 Å². The number of benzene rings is 3. The number of hydrogen-bond donors (Lipinski definition) is 4. The zero-order valence-electron chi connectivity index (χ0n) is 39.9. The third-order valence-electron chi connectivity index (χ3n) is 12.1. The summed E-state index contributed by atoms with van der Waals surface area (Å²) < 4.78 is 6.24. The molecule has 15 heteroatoms. The number of ketones is 3. The number of carbonyl (C=O) groups excluding carboxylic acids is 5. The fourth-order valence-electron chi connectivity index (χ4n) is 8.40. The van der Waals surface area contributed by atoms with E-state index in [2.05, 4.69) is 26.1 Å². The number of hydrogen-bond acceptors (Lipinski definition) is 12. The number of phenolic OH excluding ortho intramolecular Hbond substituents is 1. The molecule has 4 atom stereocenters. The summed E-state index contributed by atoms with van der Waals surface area (Å²) in [4.78, 5) is 81.6. The molecule has 1 aromatic heterocycles. The first-order valence-electron chi connectivity index (χ1n) is 22.6. The molecule has 14 nitrogen and oxygen atoms in total. The highest BCUT2D eigenvalue weighted by Gasteiger charge is 2.36. The van der Waals surface area contributed by atoms with Crippen molar-refractivity contribution < 1.29 is 33.8 Å². The smallest absolute Gasteiger partial charge is 0.226 e. The summed E-state index contributed by atoms with van der Waals surface area (Å²) in [6.45, 7) is 13.5. The van der Waals surface area contributed by atoms with Gasteiger partial charge in [0.25, 0.3) is 0 Å². The first-order valence-corrected chi connectivity index (χ1v) is 22.6. The van der Waals surface area contributed by atoms with Crippen molar-refractivity contribution >= 4 is 48.4 Å². The molecular weight excluding hydrogens is 867 g/mol. The number of nitriles is 1. The molecule has 67 heavy (non-hydrogen) atoms. The third-order valence-corrected chi connectivity index (χ3v) is 12.1. The number of nitrogens with zero attached hydrogens (tertiary/aromatic N) is 4. The molecule has 3 aromatic carbocycles. The Morgan fingerprint density at radius 1 is 1.00 bits per heavy atom. The van der Waals surface area contributed by atoms with Gasteiger partial charge in [-0.2, -0.15) is 18.8 Å². The lowest BCUT2D eigenvalue weighted by Gasteiger charge is -2.32. The maximum Gasteiger partial charge on any atom is 0.226 e. The molecule has 4 bridgehead atoms. The van der Waals surface area contributed by atoms with Gasteiger partial charge in [0, 0.05) is 67.0 Å². The van der Waals surface area contributed by atoms with Crippen molar-refractivity contribution in [2.75, 3.05) is 20.2 Å². The molecule has 2 heterocycles. The third kappa shape index (κ3) is 13.4. The quantitative estimate of drug-likeness (QED) is 0.0478. The van der Waals surface area contributed by atoms with E-state index in [1.807, 2.05) is 30.3 Å². The Morgan fingerprint density at radius 2 is 1.67 bits per heavy atom. The Balaban J connectivity index is 0.00000980. The number of carbonyl (C=O) groups is 5. The number of nitrogens with one attached hydrogen (secondary N) is 2.